The van der Waals surface area contributed by atoms with E-state index in [9.17, 15) is 14.4 Å². The molecule has 1 unspecified atom stereocenters. The van der Waals surface area contributed by atoms with Crippen LogP contribution in [0.2, 0.25) is 0 Å². The number of aromatic nitrogens is 2. The van der Waals surface area contributed by atoms with Gasteiger partial charge in [-0.15, -0.1) is 0 Å². The number of hydrogen-bond acceptors (Lipinski definition) is 4. The molecule has 8 heteroatoms. The third-order valence-corrected chi connectivity index (χ3v) is 4.50. The van der Waals surface area contributed by atoms with E-state index in [0.717, 1.165) is 5.56 Å². The number of rotatable bonds is 5. The Kier molecular flexibility index (Phi) is 4.50. The van der Waals surface area contributed by atoms with Crippen molar-refractivity contribution in [2.75, 3.05) is 6.54 Å². The molecular weight excluding hydrogens is 334 g/mol. The van der Waals surface area contributed by atoms with E-state index < -0.39 is 17.5 Å². The van der Waals surface area contributed by atoms with Crippen LogP contribution in [0.4, 0.5) is 4.79 Å². The van der Waals surface area contributed by atoms with E-state index in [1.807, 2.05) is 12.1 Å². The van der Waals surface area contributed by atoms with E-state index >= 15 is 0 Å². The molecule has 0 aliphatic carbocycles. The van der Waals surface area contributed by atoms with Gasteiger partial charge >= 0.3 is 6.03 Å². The summed E-state index contributed by atoms with van der Waals surface area (Å²) in [5, 5.41) is 7.54. The van der Waals surface area contributed by atoms with Crippen molar-refractivity contribution in [3.8, 4) is 0 Å². The summed E-state index contributed by atoms with van der Waals surface area (Å²) in [6, 6.07) is 6.67. The fraction of sp³-hybridized carbons (Fsp3) is 0.333. The summed E-state index contributed by atoms with van der Waals surface area (Å²) in [5.74, 6) is -0.164. The Morgan fingerprint density at radius 3 is 2.46 bits per heavy atom. The average Bonchev–Trinajstić information content (AvgIpc) is 3.16. The van der Waals surface area contributed by atoms with E-state index in [-0.39, 0.29) is 12.5 Å². The van der Waals surface area contributed by atoms with Crippen molar-refractivity contribution in [3.05, 3.63) is 53.6 Å². The lowest BCUT2D eigenvalue weighted by Gasteiger charge is -2.25. The molecule has 4 amide bonds. The minimum atomic E-state index is -1.44. The van der Waals surface area contributed by atoms with E-state index in [2.05, 4.69) is 34.8 Å². The summed E-state index contributed by atoms with van der Waals surface area (Å²) in [5.41, 5.74) is 0.172. The number of hydrogen-bond donors (Lipinski definition) is 3. The normalized spacial score (nSPS) is 19.4. The zero-order valence-corrected chi connectivity index (χ0v) is 14.9. The second-order valence-corrected chi connectivity index (χ2v) is 6.63. The first-order valence-electron chi connectivity index (χ1n) is 8.33. The summed E-state index contributed by atoms with van der Waals surface area (Å²) in [6.07, 6.45) is 3.20. The molecule has 3 N–H and O–H groups in total. The van der Waals surface area contributed by atoms with Gasteiger partial charge in [-0.25, -0.2) is 9.78 Å². The first-order valence-corrected chi connectivity index (χ1v) is 8.33. The highest BCUT2D eigenvalue weighted by molar-refractivity contribution is 6.07. The number of carbonyl (C=O) groups is 3. The maximum absolute atomic E-state index is 12.5. The number of nitrogens with zero attached hydrogens (tertiary/aromatic N) is 2. The number of urea groups is 1. The van der Waals surface area contributed by atoms with Crippen LogP contribution in [0.3, 0.4) is 0 Å². The van der Waals surface area contributed by atoms with Crippen LogP contribution in [0, 0.1) is 0 Å². The van der Waals surface area contributed by atoms with Crippen molar-refractivity contribution in [2.45, 2.75) is 25.3 Å². The molecule has 1 fully saturated rings. The second-order valence-electron chi connectivity index (χ2n) is 6.63. The minimum absolute atomic E-state index is 0.111. The van der Waals surface area contributed by atoms with Gasteiger partial charge in [0.15, 0.2) is 5.54 Å². The zero-order valence-electron chi connectivity index (χ0n) is 14.9. The van der Waals surface area contributed by atoms with E-state index in [4.69, 9.17) is 0 Å². The van der Waals surface area contributed by atoms with Crippen molar-refractivity contribution in [1.29, 1.82) is 0 Å². The molecule has 136 valence electrons. The molecule has 1 aromatic carbocycles. The molecule has 1 aliphatic heterocycles. The first-order chi connectivity index (χ1) is 12.3. The molecule has 1 aliphatic rings. The quantitative estimate of drug-likeness (QED) is 0.696. The van der Waals surface area contributed by atoms with Gasteiger partial charge in [0.1, 0.15) is 5.82 Å². The first kappa shape index (κ1) is 17.7. The summed E-state index contributed by atoms with van der Waals surface area (Å²) >= 11 is 0. The lowest BCUT2D eigenvalue weighted by atomic mass is 9.98. The van der Waals surface area contributed by atoms with Crippen LogP contribution in [0.1, 0.15) is 41.5 Å². The number of imide groups is 1. The van der Waals surface area contributed by atoms with Crippen molar-refractivity contribution in [1.82, 2.24) is 25.5 Å². The second kappa shape index (κ2) is 6.62. The Bertz CT molecular complexity index is 856. The molecule has 0 saturated carbocycles. The van der Waals surface area contributed by atoms with Crippen molar-refractivity contribution < 1.29 is 14.4 Å². The molecular formula is C18H21N5O3. The average molecular weight is 355 g/mol. The van der Waals surface area contributed by atoms with Gasteiger partial charge in [-0.2, -0.15) is 0 Å². The van der Waals surface area contributed by atoms with E-state index in [1.54, 1.807) is 29.9 Å². The van der Waals surface area contributed by atoms with Crippen LogP contribution >= 0.6 is 0 Å². The Morgan fingerprint density at radius 1 is 1.27 bits per heavy atom. The lowest BCUT2D eigenvalue weighted by molar-refractivity contribution is -0.124. The largest absolute Gasteiger partial charge is 0.349 e. The van der Waals surface area contributed by atoms with Gasteiger partial charge < -0.3 is 15.2 Å². The molecule has 0 radical (unpaired) electrons. The van der Waals surface area contributed by atoms with E-state index in [0.29, 0.717) is 17.3 Å². The molecule has 0 spiro atoms. The third-order valence-electron chi connectivity index (χ3n) is 4.50. The van der Waals surface area contributed by atoms with Crippen molar-refractivity contribution in [2.24, 2.45) is 7.05 Å². The Labute approximate surface area is 151 Å². The van der Waals surface area contributed by atoms with Crippen LogP contribution in [0.25, 0.3) is 0 Å². The molecule has 3 rings (SSSR count). The Hall–Kier alpha value is -3.16. The SMILES string of the molecule is CC(C)c1ccc(C(=O)NCC2(c3nccn3C)NC(=O)NC2=O)cc1. The van der Waals surface area contributed by atoms with Gasteiger partial charge in [0.2, 0.25) is 0 Å². The third kappa shape index (κ3) is 3.05. The predicted octanol–water partition coefficient (Wildman–Crippen LogP) is 1.01. The Morgan fingerprint density at radius 2 is 1.96 bits per heavy atom. The zero-order chi connectivity index (χ0) is 18.9. The van der Waals surface area contributed by atoms with Crippen LogP contribution in [-0.2, 0) is 17.4 Å². The van der Waals surface area contributed by atoms with Crippen LogP contribution < -0.4 is 16.0 Å². The monoisotopic (exact) mass is 355 g/mol. The minimum Gasteiger partial charge on any atom is -0.349 e. The van der Waals surface area contributed by atoms with Gasteiger partial charge in [-0.05, 0) is 23.6 Å². The standard InChI is InChI=1S/C18H21N5O3/c1-11(2)12-4-6-13(7-5-12)14(24)20-10-18(15-19-8-9-23(15)3)16(25)21-17(26)22-18/h4-9,11H,10H2,1-3H3,(H,20,24)(H2,21,22,25,26). The van der Waals surface area contributed by atoms with Gasteiger partial charge in [0, 0.05) is 25.0 Å². The number of aryl methyl sites for hydroxylation is 1. The van der Waals surface area contributed by atoms with Crippen LogP contribution in [0.5, 0.6) is 0 Å². The molecule has 2 aromatic rings. The summed E-state index contributed by atoms with van der Waals surface area (Å²) in [6.45, 7) is 4.04. The summed E-state index contributed by atoms with van der Waals surface area (Å²) < 4.78 is 1.63. The number of imidazole rings is 1. The maximum atomic E-state index is 12.5. The highest BCUT2D eigenvalue weighted by Gasteiger charge is 2.50. The van der Waals surface area contributed by atoms with Crippen LogP contribution in [-0.4, -0.2) is 33.9 Å². The molecule has 8 nitrogen and oxygen atoms in total. The topological polar surface area (TPSA) is 105 Å². The van der Waals surface area contributed by atoms with E-state index in [1.165, 1.54) is 6.20 Å². The molecule has 1 aromatic heterocycles. The predicted molar refractivity (Wildman–Crippen MR) is 94.4 cm³/mol. The molecule has 26 heavy (non-hydrogen) atoms. The molecule has 1 atom stereocenters. The number of benzene rings is 1. The lowest BCUT2D eigenvalue weighted by Crippen LogP contribution is -2.54. The van der Waals surface area contributed by atoms with Crippen LogP contribution in [0.15, 0.2) is 36.7 Å². The maximum Gasteiger partial charge on any atom is 0.322 e. The van der Waals surface area contributed by atoms with Gasteiger partial charge in [-0.1, -0.05) is 26.0 Å². The molecule has 1 saturated heterocycles. The molecule has 2 heterocycles. The smallest absolute Gasteiger partial charge is 0.322 e. The number of nitrogens with one attached hydrogen (secondary N) is 3. The highest BCUT2D eigenvalue weighted by atomic mass is 16.2. The summed E-state index contributed by atoms with van der Waals surface area (Å²) in [4.78, 5) is 40.8. The van der Waals surface area contributed by atoms with Gasteiger partial charge in [-0.3, -0.25) is 14.9 Å². The summed E-state index contributed by atoms with van der Waals surface area (Å²) in [7, 11) is 1.72. The van der Waals surface area contributed by atoms with Gasteiger partial charge in [0.25, 0.3) is 11.8 Å². The Balaban J connectivity index is 1.81. The van der Waals surface area contributed by atoms with Crippen molar-refractivity contribution in [3.63, 3.8) is 0 Å². The number of amides is 4. The highest BCUT2D eigenvalue weighted by Crippen LogP contribution is 2.23. The number of carbonyl (C=O) groups excluding carboxylic acids is 3. The fourth-order valence-electron chi connectivity index (χ4n) is 2.96. The molecule has 0 bridgehead atoms. The fourth-order valence-corrected chi connectivity index (χ4v) is 2.96. The van der Waals surface area contributed by atoms with Crippen molar-refractivity contribution >= 4 is 17.8 Å². The van der Waals surface area contributed by atoms with Gasteiger partial charge in [0.05, 0.1) is 6.54 Å².